The second-order valence-electron chi connectivity index (χ2n) is 7.76. The topological polar surface area (TPSA) is 97.5 Å². The van der Waals surface area contributed by atoms with E-state index in [1.54, 1.807) is 42.5 Å². The van der Waals surface area contributed by atoms with Gasteiger partial charge in [-0.1, -0.05) is 48.0 Å². The Labute approximate surface area is 198 Å². The van der Waals surface area contributed by atoms with Gasteiger partial charge in [-0.2, -0.15) is 0 Å². The molecule has 5 rings (SSSR count). The van der Waals surface area contributed by atoms with E-state index in [-0.39, 0.29) is 11.4 Å². The van der Waals surface area contributed by atoms with Crippen LogP contribution in [0.1, 0.15) is 11.1 Å². The number of halogens is 1. The molecule has 0 spiro atoms. The van der Waals surface area contributed by atoms with Crippen molar-refractivity contribution in [2.45, 2.75) is 6.54 Å². The first-order valence-electron chi connectivity index (χ1n) is 10.3. The van der Waals surface area contributed by atoms with Crippen molar-refractivity contribution in [3.63, 3.8) is 0 Å². The summed E-state index contributed by atoms with van der Waals surface area (Å²) in [4.78, 5) is 37.1. The quantitative estimate of drug-likeness (QED) is 0.183. The highest BCUT2D eigenvalue weighted by molar-refractivity contribution is 6.32. The predicted molar refractivity (Wildman–Crippen MR) is 130 cm³/mol. The van der Waals surface area contributed by atoms with Crippen LogP contribution in [0.5, 0.6) is 0 Å². The van der Waals surface area contributed by atoms with Crippen molar-refractivity contribution in [2.75, 3.05) is 4.90 Å². The van der Waals surface area contributed by atoms with Crippen molar-refractivity contribution >= 4 is 51.9 Å². The van der Waals surface area contributed by atoms with Gasteiger partial charge in [0.25, 0.3) is 11.6 Å². The van der Waals surface area contributed by atoms with E-state index in [2.05, 4.69) is 5.32 Å². The highest BCUT2D eigenvalue weighted by atomic mass is 35.5. The molecular weight excluding hydrogens is 456 g/mol. The molecule has 0 aliphatic carbocycles. The number of carbonyl (C=O) groups is 2. The maximum atomic E-state index is 13.0. The summed E-state index contributed by atoms with van der Waals surface area (Å²) in [5, 5.41) is 14.9. The number of hydrogen-bond donors (Lipinski definition) is 1. The molecule has 3 amide bonds. The summed E-state index contributed by atoms with van der Waals surface area (Å²) in [5.41, 5.74) is 3.15. The number of nitro benzene ring substituents is 1. The number of non-ortho nitro benzene ring substituents is 1. The number of nitrogens with zero attached hydrogens (tertiary/aromatic N) is 3. The largest absolute Gasteiger partial charge is 0.342 e. The molecule has 3 aromatic carbocycles. The first-order chi connectivity index (χ1) is 16.4. The minimum atomic E-state index is -0.548. The zero-order valence-electron chi connectivity index (χ0n) is 17.6. The third-order valence-electron chi connectivity index (χ3n) is 5.56. The second kappa shape index (κ2) is 8.49. The number of anilines is 1. The Hall–Kier alpha value is -4.43. The summed E-state index contributed by atoms with van der Waals surface area (Å²) in [6.45, 7) is 0.483. The van der Waals surface area contributed by atoms with E-state index < -0.39 is 16.9 Å². The van der Waals surface area contributed by atoms with Crippen LogP contribution in [0.2, 0.25) is 5.02 Å². The number of para-hydroxylation sites is 1. The maximum absolute atomic E-state index is 13.0. The summed E-state index contributed by atoms with van der Waals surface area (Å²) >= 11 is 6.02. The van der Waals surface area contributed by atoms with Gasteiger partial charge in [-0.05, 0) is 35.9 Å². The van der Waals surface area contributed by atoms with Crippen molar-refractivity contribution in [1.82, 2.24) is 9.88 Å². The van der Waals surface area contributed by atoms with Crippen molar-refractivity contribution in [1.29, 1.82) is 0 Å². The van der Waals surface area contributed by atoms with Crippen LogP contribution in [0, 0.1) is 10.1 Å². The smallest absolute Gasteiger partial charge is 0.333 e. The van der Waals surface area contributed by atoms with E-state index in [0.717, 1.165) is 26.9 Å². The summed E-state index contributed by atoms with van der Waals surface area (Å²) < 4.78 is 2.00. The Morgan fingerprint density at radius 3 is 2.50 bits per heavy atom. The number of aromatic nitrogens is 1. The minimum absolute atomic E-state index is 0.0336. The Bertz CT molecular complexity index is 1490. The van der Waals surface area contributed by atoms with E-state index in [1.807, 2.05) is 35.0 Å². The van der Waals surface area contributed by atoms with Crippen LogP contribution in [0.4, 0.5) is 16.2 Å². The number of fused-ring (bicyclic) bond motifs is 1. The van der Waals surface area contributed by atoms with E-state index in [4.69, 9.17) is 11.6 Å². The van der Waals surface area contributed by atoms with Gasteiger partial charge in [-0.3, -0.25) is 14.9 Å². The monoisotopic (exact) mass is 472 g/mol. The number of nitro groups is 1. The van der Waals surface area contributed by atoms with Gasteiger partial charge in [0.2, 0.25) is 0 Å². The molecule has 0 bridgehead atoms. The second-order valence-corrected chi connectivity index (χ2v) is 8.20. The van der Waals surface area contributed by atoms with Crippen molar-refractivity contribution < 1.29 is 14.5 Å². The van der Waals surface area contributed by atoms with Gasteiger partial charge in [0.1, 0.15) is 5.70 Å². The molecule has 1 aromatic heterocycles. The van der Waals surface area contributed by atoms with Crippen LogP contribution < -0.4 is 10.2 Å². The number of amides is 3. The van der Waals surface area contributed by atoms with Gasteiger partial charge in [0, 0.05) is 46.4 Å². The van der Waals surface area contributed by atoms with E-state index in [1.165, 1.54) is 12.1 Å². The molecule has 2 heterocycles. The Morgan fingerprint density at radius 2 is 1.76 bits per heavy atom. The van der Waals surface area contributed by atoms with Gasteiger partial charge in [0.05, 0.1) is 10.6 Å². The van der Waals surface area contributed by atoms with Crippen LogP contribution in [-0.4, -0.2) is 21.4 Å². The van der Waals surface area contributed by atoms with Crippen LogP contribution >= 0.6 is 11.6 Å². The van der Waals surface area contributed by atoms with E-state index in [9.17, 15) is 19.7 Å². The molecule has 0 unspecified atom stereocenters. The van der Waals surface area contributed by atoms with Gasteiger partial charge in [-0.15, -0.1) is 0 Å². The van der Waals surface area contributed by atoms with Crippen LogP contribution in [0.25, 0.3) is 17.0 Å². The van der Waals surface area contributed by atoms with Crippen LogP contribution in [-0.2, 0) is 11.3 Å². The number of imide groups is 1. The minimum Gasteiger partial charge on any atom is -0.342 e. The zero-order valence-corrected chi connectivity index (χ0v) is 18.4. The number of carbonyl (C=O) groups excluding carboxylic acids is 2. The standard InChI is InChI=1S/C25H17ClN4O4/c26-18-4-3-5-20(13-18)29-24(31)22(27-25(29)32)12-17-15-28(23-7-2-1-6-21(17)23)14-16-8-10-19(11-9-16)30(33)34/h1-13,15H,14H2,(H,27,32)/b22-12+. The van der Waals surface area contributed by atoms with Crippen molar-refractivity contribution in [2.24, 2.45) is 0 Å². The fourth-order valence-corrected chi connectivity index (χ4v) is 4.17. The number of hydrogen-bond acceptors (Lipinski definition) is 4. The average molecular weight is 473 g/mol. The van der Waals surface area contributed by atoms with Gasteiger partial charge < -0.3 is 9.88 Å². The third kappa shape index (κ3) is 3.91. The van der Waals surface area contributed by atoms with Gasteiger partial charge >= 0.3 is 6.03 Å². The molecule has 0 atom stereocenters. The highest BCUT2D eigenvalue weighted by Gasteiger charge is 2.35. The normalized spacial score (nSPS) is 14.7. The molecule has 8 nitrogen and oxygen atoms in total. The van der Waals surface area contributed by atoms with Crippen LogP contribution in [0.3, 0.4) is 0 Å². The molecule has 34 heavy (non-hydrogen) atoms. The molecule has 1 N–H and O–H groups in total. The molecule has 1 aliphatic heterocycles. The van der Waals surface area contributed by atoms with Crippen molar-refractivity contribution in [3.05, 3.63) is 111 Å². The molecule has 9 heteroatoms. The Kier molecular flexibility index (Phi) is 5.35. The number of nitrogens with one attached hydrogen (secondary N) is 1. The molecular formula is C25H17ClN4O4. The van der Waals surface area contributed by atoms with E-state index in [0.29, 0.717) is 17.3 Å². The lowest BCUT2D eigenvalue weighted by Crippen LogP contribution is -2.30. The summed E-state index contributed by atoms with van der Waals surface area (Å²) in [6, 6.07) is 20.1. The number of urea groups is 1. The summed E-state index contributed by atoms with van der Waals surface area (Å²) in [5.74, 6) is -0.473. The van der Waals surface area contributed by atoms with Crippen LogP contribution in [0.15, 0.2) is 84.7 Å². The Morgan fingerprint density at radius 1 is 1.00 bits per heavy atom. The summed E-state index contributed by atoms with van der Waals surface area (Å²) in [6.07, 6.45) is 3.54. The fraction of sp³-hybridized carbons (Fsp3) is 0.0400. The lowest BCUT2D eigenvalue weighted by Gasteiger charge is -2.11. The Balaban J connectivity index is 1.49. The first kappa shape index (κ1) is 21.4. The predicted octanol–water partition coefficient (Wildman–Crippen LogP) is 5.35. The highest BCUT2D eigenvalue weighted by Crippen LogP contribution is 2.28. The molecule has 0 saturated carbocycles. The van der Waals surface area contributed by atoms with Gasteiger partial charge in [-0.25, -0.2) is 9.69 Å². The maximum Gasteiger partial charge on any atom is 0.333 e. The lowest BCUT2D eigenvalue weighted by molar-refractivity contribution is -0.384. The van der Waals surface area contributed by atoms with Crippen molar-refractivity contribution in [3.8, 4) is 0 Å². The molecule has 1 saturated heterocycles. The third-order valence-corrected chi connectivity index (χ3v) is 5.80. The van der Waals surface area contributed by atoms with Gasteiger partial charge in [0.15, 0.2) is 0 Å². The fourth-order valence-electron chi connectivity index (χ4n) is 3.98. The average Bonchev–Trinajstić information content (AvgIpc) is 3.30. The SMILES string of the molecule is O=C1N/C(=C/c2cn(Cc3ccc([N+](=O)[O-])cc3)c3ccccc23)C(=O)N1c1cccc(Cl)c1. The van der Waals surface area contributed by atoms with E-state index >= 15 is 0 Å². The zero-order chi connectivity index (χ0) is 23.8. The summed E-state index contributed by atoms with van der Waals surface area (Å²) in [7, 11) is 0. The number of benzene rings is 3. The molecule has 4 aromatic rings. The first-order valence-corrected chi connectivity index (χ1v) is 10.7. The molecule has 1 fully saturated rings. The number of rotatable bonds is 5. The molecule has 0 radical (unpaired) electrons. The molecule has 1 aliphatic rings. The lowest BCUT2D eigenvalue weighted by atomic mass is 10.1. The molecule has 168 valence electrons.